The van der Waals surface area contributed by atoms with E-state index in [1.165, 1.54) is 12.1 Å². The lowest BCUT2D eigenvalue weighted by atomic mass is 10.2. The summed E-state index contributed by atoms with van der Waals surface area (Å²) < 4.78 is 27.1. The van der Waals surface area contributed by atoms with Crippen molar-refractivity contribution in [1.82, 2.24) is 0 Å². The largest absolute Gasteiger partial charge is 0.398 e. The van der Waals surface area contributed by atoms with E-state index in [4.69, 9.17) is 17.3 Å². The van der Waals surface area contributed by atoms with Crippen molar-refractivity contribution < 1.29 is 8.42 Å². The van der Waals surface area contributed by atoms with E-state index < -0.39 is 10.0 Å². The molecule has 6 heteroatoms. The van der Waals surface area contributed by atoms with Crippen LogP contribution in [0.1, 0.15) is 12.5 Å². The van der Waals surface area contributed by atoms with E-state index in [1.807, 2.05) is 19.1 Å². The molecule has 0 heterocycles. The van der Waals surface area contributed by atoms with Gasteiger partial charge in [0.05, 0.1) is 10.7 Å². The summed E-state index contributed by atoms with van der Waals surface area (Å²) in [5, 5.41) is 0.0997. The maximum absolute atomic E-state index is 12.3. The van der Waals surface area contributed by atoms with E-state index in [0.717, 1.165) is 12.0 Å². The molecule has 2 aromatic carbocycles. The van der Waals surface area contributed by atoms with E-state index in [0.29, 0.717) is 5.69 Å². The quantitative estimate of drug-likeness (QED) is 0.851. The van der Waals surface area contributed by atoms with Crippen LogP contribution in [-0.2, 0) is 16.4 Å². The number of sulfonamides is 1. The van der Waals surface area contributed by atoms with E-state index in [2.05, 4.69) is 4.72 Å². The highest BCUT2D eigenvalue weighted by Gasteiger charge is 2.21. The normalized spacial score (nSPS) is 11.3. The SMILES string of the molecule is CCc1ccc(NS(=O)(=O)c2c(N)cccc2Cl)cc1. The number of rotatable bonds is 4. The van der Waals surface area contributed by atoms with Gasteiger partial charge < -0.3 is 5.73 Å². The summed E-state index contributed by atoms with van der Waals surface area (Å²) in [6, 6.07) is 11.8. The zero-order valence-corrected chi connectivity index (χ0v) is 12.5. The van der Waals surface area contributed by atoms with Crippen LogP contribution in [0.4, 0.5) is 11.4 Å². The fourth-order valence-electron chi connectivity index (χ4n) is 1.82. The Labute approximate surface area is 123 Å². The van der Waals surface area contributed by atoms with Crippen LogP contribution in [-0.4, -0.2) is 8.42 Å². The van der Waals surface area contributed by atoms with Crippen molar-refractivity contribution in [3.8, 4) is 0 Å². The van der Waals surface area contributed by atoms with E-state index >= 15 is 0 Å². The minimum atomic E-state index is -3.80. The molecular weight excluding hydrogens is 296 g/mol. The maximum Gasteiger partial charge on any atom is 0.265 e. The molecule has 0 radical (unpaired) electrons. The van der Waals surface area contributed by atoms with Gasteiger partial charge in [0, 0.05) is 5.69 Å². The second kappa shape index (κ2) is 5.73. The molecule has 3 N–H and O–H groups in total. The molecule has 0 fully saturated rings. The second-order valence-electron chi connectivity index (χ2n) is 4.31. The zero-order valence-electron chi connectivity index (χ0n) is 10.9. The zero-order chi connectivity index (χ0) is 14.8. The summed E-state index contributed by atoms with van der Waals surface area (Å²) in [5.41, 5.74) is 7.43. The van der Waals surface area contributed by atoms with Gasteiger partial charge in [-0.15, -0.1) is 0 Å². The smallest absolute Gasteiger partial charge is 0.265 e. The molecule has 0 spiro atoms. The molecule has 0 saturated heterocycles. The predicted molar refractivity (Wildman–Crippen MR) is 82.5 cm³/mol. The summed E-state index contributed by atoms with van der Waals surface area (Å²) in [6.45, 7) is 2.03. The molecule has 4 nitrogen and oxygen atoms in total. The first kappa shape index (κ1) is 14.7. The minimum absolute atomic E-state index is 0.0961. The molecule has 0 aliphatic rings. The lowest BCUT2D eigenvalue weighted by Crippen LogP contribution is -2.15. The van der Waals surface area contributed by atoms with E-state index in [-0.39, 0.29) is 15.6 Å². The van der Waals surface area contributed by atoms with Crippen molar-refractivity contribution in [2.45, 2.75) is 18.2 Å². The Morgan fingerprint density at radius 3 is 2.35 bits per heavy atom. The van der Waals surface area contributed by atoms with Gasteiger partial charge in [0.2, 0.25) is 0 Å². The number of halogens is 1. The highest BCUT2D eigenvalue weighted by Crippen LogP contribution is 2.28. The molecule has 0 aromatic heterocycles. The van der Waals surface area contributed by atoms with Crippen molar-refractivity contribution in [2.75, 3.05) is 10.5 Å². The number of nitrogen functional groups attached to an aromatic ring is 1. The molecule has 0 unspecified atom stereocenters. The molecule has 0 bridgehead atoms. The summed E-state index contributed by atoms with van der Waals surface area (Å²) in [5.74, 6) is 0. The summed E-state index contributed by atoms with van der Waals surface area (Å²) >= 11 is 5.93. The Morgan fingerprint density at radius 1 is 1.15 bits per heavy atom. The molecule has 2 aromatic rings. The third-order valence-electron chi connectivity index (χ3n) is 2.88. The van der Waals surface area contributed by atoms with Crippen LogP contribution in [0.25, 0.3) is 0 Å². The number of hydrogen-bond acceptors (Lipinski definition) is 3. The van der Waals surface area contributed by atoms with Crippen molar-refractivity contribution in [1.29, 1.82) is 0 Å². The van der Waals surface area contributed by atoms with E-state index in [9.17, 15) is 8.42 Å². The average Bonchev–Trinajstić information content (AvgIpc) is 2.38. The molecule has 20 heavy (non-hydrogen) atoms. The van der Waals surface area contributed by atoms with Gasteiger partial charge in [-0.2, -0.15) is 0 Å². The maximum atomic E-state index is 12.3. The van der Waals surface area contributed by atoms with Crippen LogP contribution < -0.4 is 10.5 Å². The molecule has 106 valence electrons. The minimum Gasteiger partial charge on any atom is -0.398 e. The molecular formula is C14H15ClN2O2S. The van der Waals surface area contributed by atoms with Crippen molar-refractivity contribution in [3.63, 3.8) is 0 Å². The third kappa shape index (κ3) is 3.05. The fourth-order valence-corrected chi connectivity index (χ4v) is 3.56. The van der Waals surface area contributed by atoms with Crippen LogP contribution in [0.15, 0.2) is 47.4 Å². The topological polar surface area (TPSA) is 72.2 Å². The van der Waals surface area contributed by atoms with Crippen LogP contribution in [0.3, 0.4) is 0 Å². The Balaban J connectivity index is 2.35. The Hall–Kier alpha value is -1.72. The van der Waals surface area contributed by atoms with Gasteiger partial charge in [-0.3, -0.25) is 4.72 Å². The molecule has 2 rings (SSSR count). The van der Waals surface area contributed by atoms with Crippen LogP contribution >= 0.6 is 11.6 Å². The Bertz CT molecular complexity index is 692. The van der Waals surface area contributed by atoms with Crippen LogP contribution in [0.2, 0.25) is 5.02 Å². The molecule has 0 saturated carbocycles. The first-order valence-corrected chi connectivity index (χ1v) is 7.96. The summed E-state index contributed by atoms with van der Waals surface area (Å²) in [7, 11) is -3.80. The summed E-state index contributed by atoms with van der Waals surface area (Å²) in [4.78, 5) is -0.0961. The highest BCUT2D eigenvalue weighted by molar-refractivity contribution is 7.93. The van der Waals surface area contributed by atoms with Gasteiger partial charge in [0.15, 0.2) is 0 Å². The van der Waals surface area contributed by atoms with Gasteiger partial charge in [0.1, 0.15) is 4.90 Å². The van der Waals surface area contributed by atoms with Crippen molar-refractivity contribution in [3.05, 3.63) is 53.1 Å². The van der Waals surface area contributed by atoms with Gasteiger partial charge in [-0.1, -0.05) is 36.7 Å². The number of nitrogens with two attached hydrogens (primary N) is 1. The molecule has 0 aliphatic heterocycles. The van der Waals surface area contributed by atoms with Crippen LogP contribution in [0.5, 0.6) is 0 Å². The summed E-state index contributed by atoms with van der Waals surface area (Å²) in [6.07, 6.45) is 0.893. The lowest BCUT2D eigenvalue weighted by molar-refractivity contribution is 0.601. The monoisotopic (exact) mass is 310 g/mol. The number of benzene rings is 2. The number of anilines is 2. The first-order valence-electron chi connectivity index (χ1n) is 6.10. The van der Waals surface area contributed by atoms with Crippen molar-refractivity contribution in [2.24, 2.45) is 0 Å². The molecule has 0 aliphatic carbocycles. The second-order valence-corrected chi connectivity index (χ2v) is 6.34. The third-order valence-corrected chi connectivity index (χ3v) is 4.81. The standard InChI is InChI=1S/C14H15ClN2O2S/c1-2-10-6-8-11(9-7-10)17-20(18,19)14-12(15)4-3-5-13(14)16/h3-9,17H,2,16H2,1H3. The Kier molecular flexibility index (Phi) is 4.20. The van der Waals surface area contributed by atoms with Crippen LogP contribution in [0, 0.1) is 0 Å². The average molecular weight is 311 g/mol. The lowest BCUT2D eigenvalue weighted by Gasteiger charge is -2.11. The molecule has 0 amide bonds. The van der Waals surface area contributed by atoms with Gasteiger partial charge in [-0.25, -0.2) is 8.42 Å². The van der Waals surface area contributed by atoms with Gasteiger partial charge in [-0.05, 0) is 36.2 Å². The molecule has 0 atom stereocenters. The van der Waals surface area contributed by atoms with Crippen molar-refractivity contribution >= 4 is 33.0 Å². The fraction of sp³-hybridized carbons (Fsp3) is 0.143. The number of hydrogen-bond donors (Lipinski definition) is 2. The van der Waals surface area contributed by atoms with Gasteiger partial charge in [0.25, 0.3) is 10.0 Å². The van der Waals surface area contributed by atoms with Gasteiger partial charge >= 0.3 is 0 Å². The number of aryl methyl sites for hydroxylation is 1. The first-order chi connectivity index (χ1) is 9.44. The highest BCUT2D eigenvalue weighted by atomic mass is 35.5. The number of nitrogens with one attached hydrogen (secondary N) is 1. The predicted octanol–water partition coefficient (Wildman–Crippen LogP) is 3.29. The van der Waals surface area contributed by atoms with E-state index in [1.54, 1.807) is 18.2 Å². The Morgan fingerprint density at radius 2 is 1.80 bits per heavy atom.